The van der Waals surface area contributed by atoms with Crippen molar-refractivity contribution in [2.75, 3.05) is 11.9 Å². The molecule has 2 aromatic rings. The Labute approximate surface area is 149 Å². The first-order valence-electron chi connectivity index (χ1n) is 7.76. The molecule has 0 aromatic heterocycles. The molecule has 0 aliphatic carbocycles. The Kier molecular flexibility index (Phi) is 6.44. The van der Waals surface area contributed by atoms with E-state index in [0.29, 0.717) is 0 Å². The van der Waals surface area contributed by atoms with Crippen molar-refractivity contribution in [2.45, 2.75) is 6.92 Å². The van der Waals surface area contributed by atoms with Crippen LogP contribution < -0.4 is 10.6 Å². The lowest BCUT2D eigenvalue weighted by atomic mass is 10.2. The number of hydrogen-bond acceptors (Lipinski definition) is 6. The lowest BCUT2D eigenvalue weighted by Crippen LogP contribution is -2.29. The van der Waals surface area contributed by atoms with Gasteiger partial charge in [-0.05, 0) is 31.2 Å². The van der Waals surface area contributed by atoms with Gasteiger partial charge in [-0.2, -0.15) is 0 Å². The smallest absolute Gasteiger partial charge is 0.356 e. The van der Waals surface area contributed by atoms with E-state index in [-0.39, 0.29) is 23.6 Å². The van der Waals surface area contributed by atoms with Crippen LogP contribution in [0.25, 0.3) is 0 Å². The number of carbonyl (C=O) groups excluding carboxylic acids is 2. The molecule has 1 amide bonds. The predicted molar refractivity (Wildman–Crippen MR) is 95.3 cm³/mol. The van der Waals surface area contributed by atoms with Crippen LogP contribution in [0.4, 0.5) is 11.4 Å². The first-order chi connectivity index (χ1) is 12.5. The second-order valence-electron chi connectivity index (χ2n) is 5.05. The van der Waals surface area contributed by atoms with Crippen molar-refractivity contribution in [1.29, 1.82) is 0 Å². The van der Waals surface area contributed by atoms with Crippen LogP contribution in [-0.2, 0) is 9.53 Å². The number of nitro benzene ring substituents is 1. The molecule has 0 heterocycles. The van der Waals surface area contributed by atoms with Gasteiger partial charge in [0.1, 0.15) is 5.70 Å². The minimum atomic E-state index is -0.703. The Balaban J connectivity index is 2.15. The number of esters is 1. The monoisotopic (exact) mass is 355 g/mol. The van der Waals surface area contributed by atoms with Gasteiger partial charge in [0, 0.05) is 29.6 Å². The van der Waals surface area contributed by atoms with Crippen LogP contribution in [-0.4, -0.2) is 23.4 Å². The third-order valence-corrected chi connectivity index (χ3v) is 3.24. The summed E-state index contributed by atoms with van der Waals surface area (Å²) in [7, 11) is 0. The molecule has 2 aromatic carbocycles. The number of ether oxygens (including phenoxy) is 1. The zero-order valence-corrected chi connectivity index (χ0v) is 14.0. The maximum atomic E-state index is 12.3. The average Bonchev–Trinajstić information content (AvgIpc) is 2.66. The van der Waals surface area contributed by atoms with E-state index in [1.54, 1.807) is 19.1 Å². The van der Waals surface area contributed by atoms with E-state index in [0.717, 1.165) is 5.69 Å². The maximum absolute atomic E-state index is 12.3. The summed E-state index contributed by atoms with van der Waals surface area (Å²) in [6.07, 6.45) is 1.33. The molecule has 8 heteroatoms. The molecule has 134 valence electrons. The number of benzene rings is 2. The molecule has 26 heavy (non-hydrogen) atoms. The van der Waals surface area contributed by atoms with Crippen LogP contribution in [0.1, 0.15) is 17.3 Å². The largest absolute Gasteiger partial charge is 0.461 e. The van der Waals surface area contributed by atoms with E-state index < -0.39 is 16.8 Å². The van der Waals surface area contributed by atoms with E-state index in [1.165, 1.54) is 30.5 Å². The van der Waals surface area contributed by atoms with Gasteiger partial charge >= 0.3 is 5.97 Å². The van der Waals surface area contributed by atoms with Crippen LogP contribution in [0.5, 0.6) is 0 Å². The number of non-ortho nitro benzene ring substituents is 1. The Morgan fingerprint density at radius 3 is 2.35 bits per heavy atom. The van der Waals surface area contributed by atoms with Gasteiger partial charge in [0.2, 0.25) is 0 Å². The zero-order chi connectivity index (χ0) is 18.9. The van der Waals surface area contributed by atoms with Crippen molar-refractivity contribution in [3.05, 3.63) is 82.2 Å². The molecule has 0 saturated heterocycles. The average molecular weight is 355 g/mol. The molecule has 0 radical (unpaired) electrons. The molecule has 0 aliphatic rings. The van der Waals surface area contributed by atoms with Crippen molar-refractivity contribution in [1.82, 2.24) is 5.32 Å². The standard InChI is InChI=1S/C18H17N3O5/c1-2-26-18(23)16(12-19-14-6-4-3-5-7-14)20-17(22)13-8-10-15(11-9-13)21(24)25/h3-12,19H,2H2,1H3,(H,20,22). The molecule has 0 unspecified atom stereocenters. The summed E-state index contributed by atoms with van der Waals surface area (Å²) in [5, 5.41) is 16.0. The molecule has 2 N–H and O–H groups in total. The van der Waals surface area contributed by atoms with Gasteiger partial charge in [-0.15, -0.1) is 0 Å². The van der Waals surface area contributed by atoms with Crippen molar-refractivity contribution in [2.24, 2.45) is 0 Å². The van der Waals surface area contributed by atoms with E-state index in [2.05, 4.69) is 10.6 Å². The quantitative estimate of drug-likeness (QED) is 0.342. The number of nitrogens with zero attached hydrogens (tertiary/aromatic N) is 1. The second kappa shape index (κ2) is 8.97. The van der Waals surface area contributed by atoms with Gasteiger partial charge in [0.05, 0.1) is 11.5 Å². The molecule has 0 atom stereocenters. The summed E-state index contributed by atoms with van der Waals surface area (Å²) in [6.45, 7) is 1.80. The molecule has 0 saturated carbocycles. The van der Waals surface area contributed by atoms with Crippen LogP contribution in [0.3, 0.4) is 0 Å². The molecule has 2 rings (SSSR count). The number of rotatable bonds is 7. The topological polar surface area (TPSA) is 111 Å². The summed E-state index contributed by atoms with van der Waals surface area (Å²) in [5.74, 6) is -1.29. The van der Waals surface area contributed by atoms with Crippen molar-refractivity contribution in [3.63, 3.8) is 0 Å². The number of hydrogen-bond donors (Lipinski definition) is 2. The fourth-order valence-electron chi connectivity index (χ4n) is 1.97. The number of carbonyl (C=O) groups is 2. The van der Waals surface area contributed by atoms with Gasteiger partial charge in [0.15, 0.2) is 0 Å². The number of nitro groups is 1. The molecule has 0 aliphatic heterocycles. The molecule has 0 bridgehead atoms. The van der Waals surface area contributed by atoms with Gasteiger partial charge in [-0.1, -0.05) is 18.2 Å². The Morgan fingerprint density at radius 1 is 1.12 bits per heavy atom. The first kappa shape index (κ1) is 18.7. The Morgan fingerprint density at radius 2 is 1.77 bits per heavy atom. The molecular formula is C18H17N3O5. The minimum absolute atomic E-state index is 0.0842. The van der Waals surface area contributed by atoms with Crippen LogP contribution in [0, 0.1) is 10.1 Å². The fourth-order valence-corrected chi connectivity index (χ4v) is 1.97. The van der Waals surface area contributed by atoms with Crippen LogP contribution in [0.15, 0.2) is 66.5 Å². The van der Waals surface area contributed by atoms with Crippen LogP contribution >= 0.6 is 0 Å². The summed E-state index contributed by atoms with van der Waals surface area (Å²) < 4.78 is 4.93. The van der Waals surface area contributed by atoms with Gasteiger partial charge in [-0.25, -0.2) is 4.79 Å². The highest BCUT2D eigenvalue weighted by Crippen LogP contribution is 2.12. The SMILES string of the molecule is CCOC(=O)C(=CNc1ccccc1)NC(=O)c1ccc([N+](=O)[O-])cc1. The molecule has 8 nitrogen and oxygen atoms in total. The van der Waals surface area contributed by atoms with Gasteiger partial charge in [0.25, 0.3) is 11.6 Å². The molecule has 0 fully saturated rings. The van der Waals surface area contributed by atoms with E-state index >= 15 is 0 Å². The first-order valence-corrected chi connectivity index (χ1v) is 7.76. The third-order valence-electron chi connectivity index (χ3n) is 3.24. The predicted octanol–water partition coefficient (Wildman–Crippen LogP) is 2.84. The Bertz CT molecular complexity index is 816. The maximum Gasteiger partial charge on any atom is 0.356 e. The zero-order valence-electron chi connectivity index (χ0n) is 14.0. The highest BCUT2D eigenvalue weighted by Gasteiger charge is 2.16. The van der Waals surface area contributed by atoms with Crippen LogP contribution in [0.2, 0.25) is 0 Å². The van der Waals surface area contributed by atoms with Gasteiger partial charge in [-0.3, -0.25) is 14.9 Å². The van der Waals surface area contributed by atoms with Crippen molar-refractivity contribution >= 4 is 23.3 Å². The van der Waals surface area contributed by atoms with Gasteiger partial charge < -0.3 is 15.4 Å². The lowest BCUT2D eigenvalue weighted by Gasteiger charge is -2.10. The summed E-state index contributed by atoms with van der Waals surface area (Å²) >= 11 is 0. The van der Waals surface area contributed by atoms with Crippen molar-refractivity contribution < 1.29 is 19.2 Å². The number of para-hydroxylation sites is 1. The normalized spacial score (nSPS) is 10.7. The third kappa shape index (κ3) is 5.17. The lowest BCUT2D eigenvalue weighted by molar-refractivity contribution is -0.384. The number of amides is 1. The summed E-state index contributed by atoms with van der Waals surface area (Å²) in [5.41, 5.74) is 0.678. The van der Waals surface area contributed by atoms with Crippen molar-refractivity contribution in [3.8, 4) is 0 Å². The molecular weight excluding hydrogens is 338 g/mol. The Hall–Kier alpha value is -3.68. The second-order valence-corrected chi connectivity index (χ2v) is 5.05. The highest BCUT2D eigenvalue weighted by molar-refractivity contribution is 6.01. The fraction of sp³-hybridized carbons (Fsp3) is 0.111. The minimum Gasteiger partial charge on any atom is -0.461 e. The summed E-state index contributed by atoms with van der Waals surface area (Å²) in [4.78, 5) is 34.4. The molecule has 0 spiro atoms. The number of anilines is 1. The highest BCUT2D eigenvalue weighted by atomic mass is 16.6. The number of nitrogens with one attached hydrogen (secondary N) is 2. The summed E-state index contributed by atoms with van der Waals surface area (Å²) in [6, 6.07) is 14.1. The van der Waals surface area contributed by atoms with E-state index in [1.807, 2.05) is 18.2 Å². The van der Waals surface area contributed by atoms with E-state index in [4.69, 9.17) is 4.74 Å². The van der Waals surface area contributed by atoms with E-state index in [9.17, 15) is 19.7 Å².